The van der Waals surface area contributed by atoms with Crippen molar-refractivity contribution >= 4 is 5.97 Å². The van der Waals surface area contributed by atoms with E-state index in [4.69, 9.17) is 9.84 Å². The van der Waals surface area contributed by atoms with Crippen molar-refractivity contribution in [3.05, 3.63) is 0 Å². The number of hydrogen-bond donors (Lipinski definition) is 1. The van der Waals surface area contributed by atoms with E-state index < -0.39 is 5.97 Å². The molecule has 15 heavy (non-hydrogen) atoms. The molecule has 88 valence electrons. The summed E-state index contributed by atoms with van der Waals surface area (Å²) in [6, 6.07) is 0.647. The van der Waals surface area contributed by atoms with E-state index in [1.165, 1.54) is 0 Å². The van der Waals surface area contributed by atoms with Crippen LogP contribution in [0.15, 0.2) is 0 Å². The highest BCUT2D eigenvalue weighted by Gasteiger charge is 2.25. The van der Waals surface area contributed by atoms with Crippen LogP contribution < -0.4 is 0 Å². The summed E-state index contributed by atoms with van der Waals surface area (Å²) in [4.78, 5) is 12.9. The largest absolute Gasteiger partial charge is 0.481 e. The molecule has 1 fully saturated rings. The SMILES string of the molecule is CCC(CC(=O)O)N(C)C1CCOCC1. The van der Waals surface area contributed by atoms with E-state index >= 15 is 0 Å². The molecule has 1 rings (SSSR count). The van der Waals surface area contributed by atoms with Gasteiger partial charge in [-0.2, -0.15) is 0 Å². The lowest BCUT2D eigenvalue weighted by molar-refractivity contribution is -0.138. The Morgan fingerprint density at radius 3 is 2.60 bits per heavy atom. The van der Waals surface area contributed by atoms with Gasteiger partial charge in [0.05, 0.1) is 6.42 Å². The Morgan fingerprint density at radius 1 is 1.53 bits per heavy atom. The molecule has 0 bridgehead atoms. The fourth-order valence-electron chi connectivity index (χ4n) is 2.17. The van der Waals surface area contributed by atoms with Crippen LogP contribution in [0.25, 0.3) is 0 Å². The van der Waals surface area contributed by atoms with Gasteiger partial charge in [-0.05, 0) is 26.3 Å². The quantitative estimate of drug-likeness (QED) is 0.752. The number of aliphatic carboxylic acids is 1. The van der Waals surface area contributed by atoms with Crippen molar-refractivity contribution < 1.29 is 14.6 Å². The van der Waals surface area contributed by atoms with Crippen molar-refractivity contribution in [1.82, 2.24) is 4.90 Å². The Hall–Kier alpha value is -0.610. The van der Waals surface area contributed by atoms with Gasteiger partial charge < -0.3 is 9.84 Å². The van der Waals surface area contributed by atoms with Crippen LogP contribution in [0.4, 0.5) is 0 Å². The molecule has 0 saturated carbocycles. The molecule has 0 aromatic rings. The average molecular weight is 215 g/mol. The minimum atomic E-state index is -0.708. The van der Waals surface area contributed by atoms with Gasteiger partial charge in [0.2, 0.25) is 0 Å². The Kier molecular flexibility index (Phi) is 5.05. The van der Waals surface area contributed by atoms with Gasteiger partial charge in [-0.3, -0.25) is 9.69 Å². The molecule has 1 aliphatic rings. The lowest BCUT2D eigenvalue weighted by Crippen LogP contribution is -2.43. The van der Waals surface area contributed by atoms with Crippen molar-refractivity contribution in [2.45, 2.75) is 44.7 Å². The lowest BCUT2D eigenvalue weighted by Gasteiger charge is -2.36. The first-order chi connectivity index (χ1) is 7.15. The molecule has 1 atom stereocenters. The molecule has 1 saturated heterocycles. The fourth-order valence-corrected chi connectivity index (χ4v) is 2.17. The first-order valence-corrected chi connectivity index (χ1v) is 5.66. The van der Waals surface area contributed by atoms with E-state index in [0.717, 1.165) is 32.5 Å². The van der Waals surface area contributed by atoms with Crippen LogP contribution >= 0.6 is 0 Å². The predicted molar refractivity (Wildman–Crippen MR) is 57.9 cm³/mol. The van der Waals surface area contributed by atoms with E-state index in [0.29, 0.717) is 6.04 Å². The van der Waals surface area contributed by atoms with E-state index in [9.17, 15) is 4.79 Å². The third-order valence-electron chi connectivity index (χ3n) is 3.22. The maximum Gasteiger partial charge on any atom is 0.304 e. The normalized spacial score (nSPS) is 20.5. The summed E-state index contributed by atoms with van der Waals surface area (Å²) in [6.07, 6.45) is 3.17. The van der Waals surface area contributed by atoms with Crippen molar-refractivity contribution in [1.29, 1.82) is 0 Å². The summed E-state index contributed by atoms with van der Waals surface area (Å²) in [5, 5.41) is 8.81. The second-order valence-electron chi connectivity index (χ2n) is 4.17. The van der Waals surface area contributed by atoms with Crippen LogP contribution in [-0.2, 0) is 9.53 Å². The second kappa shape index (κ2) is 6.08. The molecule has 0 amide bonds. The summed E-state index contributed by atoms with van der Waals surface area (Å²) < 4.78 is 5.30. The summed E-state index contributed by atoms with van der Waals surface area (Å²) in [6.45, 7) is 3.65. The third-order valence-corrected chi connectivity index (χ3v) is 3.22. The Labute approximate surface area is 91.2 Å². The van der Waals surface area contributed by atoms with Gasteiger partial charge in [-0.1, -0.05) is 6.92 Å². The van der Waals surface area contributed by atoms with Gasteiger partial charge in [0, 0.05) is 25.3 Å². The molecule has 4 heteroatoms. The molecule has 1 heterocycles. The maximum atomic E-state index is 10.7. The zero-order valence-corrected chi connectivity index (χ0v) is 9.61. The Bertz CT molecular complexity index is 202. The highest BCUT2D eigenvalue weighted by molar-refractivity contribution is 5.67. The molecule has 1 N–H and O–H groups in total. The lowest BCUT2D eigenvalue weighted by atomic mass is 10.0. The number of nitrogens with zero attached hydrogens (tertiary/aromatic N) is 1. The molecule has 4 nitrogen and oxygen atoms in total. The second-order valence-corrected chi connectivity index (χ2v) is 4.17. The maximum absolute atomic E-state index is 10.7. The summed E-state index contributed by atoms with van der Waals surface area (Å²) in [5.74, 6) is -0.708. The van der Waals surface area contributed by atoms with Gasteiger partial charge in [-0.15, -0.1) is 0 Å². The predicted octanol–water partition coefficient (Wildman–Crippen LogP) is 1.35. The van der Waals surface area contributed by atoms with Gasteiger partial charge in [0.25, 0.3) is 0 Å². The van der Waals surface area contributed by atoms with Crippen LogP contribution in [-0.4, -0.2) is 48.3 Å². The zero-order valence-electron chi connectivity index (χ0n) is 9.61. The van der Waals surface area contributed by atoms with Crippen molar-refractivity contribution in [3.8, 4) is 0 Å². The summed E-state index contributed by atoms with van der Waals surface area (Å²) in [5.41, 5.74) is 0. The minimum absolute atomic E-state index is 0.158. The Morgan fingerprint density at radius 2 is 2.13 bits per heavy atom. The number of carboxylic acids is 1. The van der Waals surface area contributed by atoms with E-state index in [1.807, 2.05) is 14.0 Å². The number of hydrogen-bond acceptors (Lipinski definition) is 3. The first kappa shape index (κ1) is 12.5. The van der Waals surface area contributed by atoms with Crippen LogP contribution in [0.3, 0.4) is 0 Å². The van der Waals surface area contributed by atoms with Gasteiger partial charge >= 0.3 is 5.97 Å². The fraction of sp³-hybridized carbons (Fsp3) is 0.909. The average Bonchev–Trinajstić information content (AvgIpc) is 2.26. The van der Waals surface area contributed by atoms with Crippen LogP contribution in [0.1, 0.15) is 32.6 Å². The van der Waals surface area contributed by atoms with Crippen LogP contribution in [0, 0.1) is 0 Å². The topological polar surface area (TPSA) is 49.8 Å². The number of rotatable bonds is 5. The molecule has 1 aliphatic heterocycles. The summed E-state index contributed by atoms with van der Waals surface area (Å²) >= 11 is 0. The van der Waals surface area contributed by atoms with Gasteiger partial charge in [-0.25, -0.2) is 0 Å². The van der Waals surface area contributed by atoms with Crippen molar-refractivity contribution in [3.63, 3.8) is 0 Å². The van der Waals surface area contributed by atoms with Crippen LogP contribution in [0.2, 0.25) is 0 Å². The van der Waals surface area contributed by atoms with Gasteiger partial charge in [0.15, 0.2) is 0 Å². The van der Waals surface area contributed by atoms with Crippen molar-refractivity contribution in [2.75, 3.05) is 20.3 Å². The monoisotopic (exact) mass is 215 g/mol. The smallest absolute Gasteiger partial charge is 0.304 e. The van der Waals surface area contributed by atoms with E-state index in [2.05, 4.69) is 4.90 Å². The van der Waals surface area contributed by atoms with E-state index in [-0.39, 0.29) is 12.5 Å². The Balaban J connectivity index is 2.46. The standard InChI is InChI=1S/C11H21NO3/c1-3-9(8-11(13)14)12(2)10-4-6-15-7-5-10/h9-10H,3-8H2,1-2H3,(H,13,14). The molecule has 0 aliphatic carbocycles. The molecular weight excluding hydrogens is 194 g/mol. The number of carbonyl (C=O) groups is 1. The molecule has 1 unspecified atom stereocenters. The molecule has 0 spiro atoms. The number of carboxylic acid groups (broad SMARTS) is 1. The van der Waals surface area contributed by atoms with Crippen molar-refractivity contribution in [2.24, 2.45) is 0 Å². The molecule has 0 aromatic heterocycles. The third kappa shape index (κ3) is 3.80. The number of ether oxygens (including phenoxy) is 1. The molecular formula is C11H21NO3. The summed E-state index contributed by atoms with van der Waals surface area (Å²) in [7, 11) is 2.03. The minimum Gasteiger partial charge on any atom is -0.481 e. The highest BCUT2D eigenvalue weighted by Crippen LogP contribution is 2.18. The van der Waals surface area contributed by atoms with E-state index in [1.54, 1.807) is 0 Å². The molecule has 0 radical (unpaired) electrons. The van der Waals surface area contributed by atoms with Gasteiger partial charge in [0.1, 0.15) is 0 Å². The zero-order chi connectivity index (χ0) is 11.3. The first-order valence-electron chi connectivity index (χ1n) is 5.66. The molecule has 0 aromatic carbocycles. The van der Waals surface area contributed by atoms with Crippen LogP contribution in [0.5, 0.6) is 0 Å². The highest BCUT2D eigenvalue weighted by atomic mass is 16.5.